The summed E-state index contributed by atoms with van der Waals surface area (Å²) in [5.41, 5.74) is 0. The zero-order chi connectivity index (χ0) is 4.83. The van der Waals surface area contributed by atoms with Crippen LogP contribution in [0.3, 0.4) is 0 Å². The molecular formula is C5H12ClN. The topological polar surface area (TPSA) is 12.0 Å². The van der Waals surface area contributed by atoms with Gasteiger partial charge >= 0.3 is 0 Å². The van der Waals surface area contributed by atoms with Gasteiger partial charge in [0.15, 0.2) is 0 Å². The SMILES string of the molecule is C/C=C\NCC.Cl. The van der Waals surface area contributed by atoms with Crippen molar-refractivity contribution in [1.82, 2.24) is 5.32 Å². The molecule has 1 N–H and O–H groups in total. The van der Waals surface area contributed by atoms with Crippen LogP contribution in [0.5, 0.6) is 0 Å². The lowest BCUT2D eigenvalue weighted by atomic mass is 10.6. The fourth-order valence-corrected chi connectivity index (χ4v) is 0.236. The van der Waals surface area contributed by atoms with Crippen LogP contribution in [0.1, 0.15) is 13.8 Å². The largest absolute Gasteiger partial charge is 0.391 e. The van der Waals surface area contributed by atoms with E-state index in [1.54, 1.807) is 0 Å². The molecule has 0 aliphatic heterocycles. The molecule has 0 aromatic heterocycles. The summed E-state index contributed by atoms with van der Waals surface area (Å²) >= 11 is 0. The van der Waals surface area contributed by atoms with Gasteiger partial charge in [-0.2, -0.15) is 0 Å². The van der Waals surface area contributed by atoms with Crippen molar-refractivity contribution in [3.8, 4) is 0 Å². The maximum atomic E-state index is 3.02. The second-order valence-corrected chi connectivity index (χ2v) is 1.06. The van der Waals surface area contributed by atoms with Gasteiger partial charge in [-0.3, -0.25) is 0 Å². The highest BCUT2D eigenvalue weighted by Gasteiger charge is 1.58. The highest BCUT2D eigenvalue weighted by Crippen LogP contribution is 1.58. The summed E-state index contributed by atoms with van der Waals surface area (Å²) in [7, 11) is 0. The zero-order valence-electron chi connectivity index (χ0n) is 4.77. The Morgan fingerprint density at radius 1 is 1.57 bits per heavy atom. The number of nitrogens with one attached hydrogen (secondary N) is 1. The minimum Gasteiger partial charge on any atom is -0.391 e. The van der Waals surface area contributed by atoms with Gasteiger partial charge in [0.1, 0.15) is 0 Å². The Morgan fingerprint density at radius 2 is 2.14 bits per heavy atom. The molecule has 44 valence electrons. The highest BCUT2D eigenvalue weighted by atomic mass is 35.5. The van der Waals surface area contributed by atoms with E-state index < -0.39 is 0 Å². The van der Waals surface area contributed by atoms with Gasteiger partial charge in [0, 0.05) is 6.54 Å². The monoisotopic (exact) mass is 121 g/mol. The van der Waals surface area contributed by atoms with Crippen molar-refractivity contribution in [1.29, 1.82) is 0 Å². The lowest BCUT2D eigenvalue weighted by Gasteiger charge is -1.85. The quantitative estimate of drug-likeness (QED) is 0.585. The minimum atomic E-state index is 0. The van der Waals surface area contributed by atoms with Crippen LogP contribution in [0.15, 0.2) is 12.3 Å². The van der Waals surface area contributed by atoms with Gasteiger partial charge in [0.05, 0.1) is 0 Å². The van der Waals surface area contributed by atoms with Gasteiger partial charge in [0.2, 0.25) is 0 Å². The van der Waals surface area contributed by atoms with Gasteiger partial charge in [0.25, 0.3) is 0 Å². The third kappa shape index (κ3) is 10.7. The first-order valence-electron chi connectivity index (χ1n) is 2.26. The van der Waals surface area contributed by atoms with E-state index >= 15 is 0 Å². The van der Waals surface area contributed by atoms with Crippen molar-refractivity contribution in [2.45, 2.75) is 13.8 Å². The van der Waals surface area contributed by atoms with Crippen molar-refractivity contribution in [2.75, 3.05) is 6.54 Å². The number of allylic oxidation sites excluding steroid dienone is 1. The molecule has 0 aromatic carbocycles. The van der Waals surface area contributed by atoms with E-state index in [-0.39, 0.29) is 12.4 Å². The van der Waals surface area contributed by atoms with E-state index in [0.717, 1.165) is 6.54 Å². The van der Waals surface area contributed by atoms with Crippen molar-refractivity contribution >= 4 is 12.4 Å². The average molecular weight is 122 g/mol. The molecule has 0 saturated heterocycles. The summed E-state index contributed by atoms with van der Waals surface area (Å²) < 4.78 is 0. The Bertz CT molecular complexity index is 43.3. The molecule has 2 heteroatoms. The van der Waals surface area contributed by atoms with Crippen LogP contribution in [0.4, 0.5) is 0 Å². The van der Waals surface area contributed by atoms with E-state index in [9.17, 15) is 0 Å². The van der Waals surface area contributed by atoms with Crippen molar-refractivity contribution in [2.24, 2.45) is 0 Å². The lowest BCUT2D eigenvalue weighted by molar-refractivity contribution is 0.917. The Balaban J connectivity index is 0. The predicted molar refractivity (Wildman–Crippen MR) is 35.7 cm³/mol. The molecule has 0 bridgehead atoms. The predicted octanol–water partition coefficient (Wildman–Crippen LogP) is 1.55. The summed E-state index contributed by atoms with van der Waals surface area (Å²) in [5, 5.41) is 3.02. The van der Waals surface area contributed by atoms with Crippen molar-refractivity contribution < 1.29 is 0 Å². The fraction of sp³-hybridized carbons (Fsp3) is 0.600. The third-order valence-electron chi connectivity index (χ3n) is 0.489. The number of rotatable bonds is 2. The standard InChI is InChI=1S/C5H11N.ClH/c1-3-5-6-4-2;/h3,5-6H,4H2,1-2H3;1H/b5-3-;. The van der Waals surface area contributed by atoms with Gasteiger partial charge in [-0.05, 0) is 20.0 Å². The van der Waals surface area contributed by atoms with Gasteiger partial charge in [-0.1, -0.05) is 6.08 Å². The van der Waals surface area contributed by atoms with Crippen LogP contribution >= 0.6 is 12.4 Å². The van der Waals surface area contributed by atoms with Crippen LogP contribution in [-0.2, 0) is 0 Å². The highest BCUT2D eigenvalue weighted by molar-refractivity contribution is 5.85. The van der Waals surface area contributed by atoms with E-state index in [0.29, 0.717) is 0 Å². The first kappa shape index (κ1) is 9.95. The number of hydrogen-bond acceptors (Lipinski definition) is 1. The molecule has 0 heterocycles. The normalized spacial score (nSPS) is 8.29. The molecule has 0 aliphatic carbocycles. The Kier molecular flexibility index (Phi) is 13.2. The molecule has 0 rings (SSSR count). The van der Waals surface area contributed by atoms with E-state index in [2.05, 4.69) is 12.2 Å². The second-order valence-electron chi connectivity index (χ2n) is 1.06. The fourth-order valence-electron chi connectivity index (χ4n) is 0.236. The summed E-state index contributed by atoms with van der Waals surface area (Å²) in [5.74, 6) is 0. The second kappa shape index (κ2) is 9.27. The van der Waals surface area contributed by atoms with E-state index in [1.807, 2.05) is 19.2 Å². The molecule has 0 aliphatic rings. The maximum absolute atomic E-state index is 3.02. The van der Waals surface area contributed by atoms with Gasteiger partial charge in [-0.25, -0.2) is 0 Å². The van der Waals surface area contributed by atoms with Crippen LogP contribution < -0.4 is 5.32 Å². The molecule has 0 spiro atoms. The summed E-state index contributed by atoms with van der Waals surface area (Å²) in [6.45, 7) is 5.08. The average Bonchev–Trinajstić information content (AvgIpc) is 1.61. The smallest absolute Gasteiger partial charge is 0.0112 e. The maximum Gasteiger partial charge on any atom is 0.0112 e. The Hall–Kier alpha value is -0.170. The van der Waals surface area contributed by atoms with Crippen molar-refractivity contribution in [3.05, 3.63) is 12.3 Å². The van der Waals surface area contributed by atoms with Crippen LogP contribution in [-0.4, -0.2) is 6.54 Å². The molecule has 0 atom stereocenters. The Labute approximate surface area is 51.2 Å². The molecule has 1 nitrogen and oxygen atoms in total. The lowest BCUT2D eigenvalue weighted by Crippen LogP contribution is -2.00. The Morgan fingerprint density at radius 3 is 2.29 bits per heavy atom. The molecule has 0 radical (unpaired) electrons. The molecule has 7 heavy (non-hydrogen) atoms. The molecular weight excluding hydrogens is 110 g/mol. The van der Waals surface area contributed by atoms with Crippen LogP contribution in [0, 0.1) is 0 Å². The summed E-state index contributed by atoms with van der Waals surface area (Å²) in [6, 6.07) is 0. The molecule has 0 saturated carbocycles. The van der Waals surface area contributed by atoms with Crippen molar-refractivity contribution in [3.63, 3.8) is 0 Å². The van der Waals surface area contributed by atoms with Gasteiger partial charge in [-0.15, -0.1) is 12.4 Å². The summed E-state index contributed by atoms with van der Waals surface area (Å²) in [6.07, 6.45) is 3.91. The number of halogens is 1. The molecule has 0 amide bonds. The number of hydrogen-bond donors (Lipinski definition) is 1. The first-order chi connectivity index (χ1) is 2.91. The van der Waals surface area contributed by atoms with Crippen LogP contribution in [0.2, 0.25) is 0 Å². The minimum absolute atomic E-state index is 0. The molecule has 0 aromatic rings. The third-order valence-corrected chi connectivity index (χ3v) is 0.489. The van der Waals surface area contributed by atoms with E-state index in [4.69, 9.17) is 0 Å². The van der Waals surface area contributed by atoms with Crippen LogP contribution in [0.25, 0.3) is 0 Å². The zero-order valence-corrected chi connectivity index (χ0v) is 5.59. The first-order valence-corrected chi connectivity index (χ1v) is 2.26. The molecule has 0 fully saturated rings. The summed E-state index contributed by atoms with van der Waals surface area (Å²) in [4.78, 5) is 0. The van der Waals surface area contributed by atoms with E-state index in [1.165, 1.54) is 0 Å². The van der Waals surface area contributed by atoms with Gasteiger partial charge < -0.3 is 5.32 Å². The molecule has 0 unspecified atom stereocenters.